The highest BCUT2D eigenvalue weighted by Gasteiger charge is 2.08. The molecule has 78 valence electrons. The van der Waals surface area contributed by atoms with Gasteiger partial charge in [0.05, 0.1) is 17.8 Å². The summed E-state index contributed by atoms with van der Waals surface area (Å²) in [5.41, 5.74) is 9.44. The van der Waals surface area contributed by atoms with E-state index >= 15 is 0 Å². The number of hydrogen-bond acceptors (Lipinski definition) is 2. The third kappa shape index (κ3) is 1.92. The van der Waals surface area contributed by atoms with Crippen LogP contribution in [0.15, 0.2) is 42.2 Å². The Balaban J connectivity index is 2.48. The van der Waals surface area contributed by atoms with Gasteiger partial charge in [-0.1, -0.05) is 17.7 Å². The molecule has 0 amide bonds. The molecule has 0 radical (unpaired) electrons. The van der Waals surface area contributed by atoms with Gasteiger partial charge in [-0.2, -0.15) is 5.10 Å². The van der Waals surface area contributed by atoms with Crippen LogP contribution < -0.4 is 5.73 Å². The fourth-order valence-corrected chi connectivity index (χ4v) is 1.66. The van der Waals surface area contributed by atoms with E-state index in [9.17, 15) is 0 Å². The summed E-state index contributed by atoms with van der Waals surface area (Å²) in [5.74, 6) is 0. The number of fused-ring (bicyclic) bond motifs is 1. The molecule has 0 saturated carbocycles. The standard InChI is InChI=1S/C12H15N3/c1-9(2)7-11(13)10-8-14-15-6-4-3-5-12(10)15/h3-8,11H,13H2,1-2H3. The summed E-state index contributed by atoms with van der Waals surface area (Å²) in [6.45, 7) is 4.09. The number of pyridine rings is 1. The molecule has 2 aromatic heterocycles. The second-order valence-electron chi connectivity index (χ2n) is 3.90. The minimum Gasteiger partial charge on any atom is -0.321 e. The predicted molar refractivity (Wildman–Crippen MR) is 61.6 cm³/mol. The molecule has 3 heteroatoms. The molecule has 0 saturated heterocycles. The minimum atomic E-state index is -0.0742. The van der Waals surface area contributed by atoms with Crippen LogP contribution in [0.2, 0.25) is 0 Å². The molecule has 0 spiro atoms. The maximum atomic E-state index is 6.08. The Labute approximate surface area is 89.2 Å². The second kappa shape index (κ2) is 3.87. The molecule has 0 aliphatic heterocycles. The zero-order valence-electron chi connectivity index (χ0n) is 9.01. The lowest BCUT2D eigenvalue weighted by atomic mass is 10.1. The third-order valence-electron chi connectivity index (χ3n) is 2.33. The Bertz CT molecular complexity index is 492. The van der Waals surface area contributed by atoms with Gasteiger partial charge in [-0.15, -0.1) is 0 Å². The van der Waals surface area contributed by atoms with E-state index in [1.54, 1.807) is 0 Å². The topological polar surface area (TPSA) is 43.3 Å². The van der Waals surface area contributed by atoms with E-state index in [1.165, 1.54) is 5.57 Å². The van der Waals surface area contributed by atoms with E-state index in [4.69, 9.17) is 5.73 Å². The van der Waals surface area contributed by atoms with Crippen LogP contribution in [0, 0.1) is 0 Å². The average Bonchev–Trinajstić information content (AvgIpc) is 2.59. The van der Waals surface area contributed by atoms with Gasteiger partial charge in [-0.25, -0.2) is 4.52 Å². The fourth-order valence-electron chi connectivity index (χ4n) is 1.66. The van der Waals surface area contributed by atoms with Gasteiger partial charge in [0.1, 0.15) is 0 Å². The van der Waals surface area contributed by atoms with Gasteiger partial charge in [-0.3, -0.25) is 0 Å². The van der Waals surface area contributed by atoms with Gasteiger partial charge in [0.25, 0.3) is 0 Å². The van der Waals surface area contributed by atoms with E-state index in [2.05, 4.69) is 5.10 Å². The zero-order valence-corrected chi connectivity index (χ0v) is 9.01. The number of aromatic nitrogens is 2. The van der Waals surface area contributed by atoms with Crippen LogP contribution in [0.4, 0.5) is 0 Å². The molecule has 2 N–H and O–H groups in total. The van der Waals surface area contributed by atoms with Gasteiger partial charge < -0.3 is 5.73 Å². The van der Waals surface area contributed by atoms with Crippen molar-refractivity contribution in [3.05, 3.63) is 47.8 Å². The Morgan fingerprint density at radius 2 is 2.27 bits per heavy atom. The Morgan fingerprint density at radius 3 is 3.00 bits per heavy atom. The summed E-state index contributed by atoms with van der Waals surface area (Å²) in [7, 11) is 0. The van der Waals surface area contributed by atoms with Crippen molar-refractivity contribution in [1.82, 2.24) is 9.61 Å². The molecule has 1 unspecified atom stereocenters. The number of hydrogen-bond donors (Lipinski definition) is 1. The highest BCUT2D eigenvalue weighted by Crippen LogP contribution is 2.18. The normalized spacial score (nSPS) is 12.7. The van der Waals surface area contributed by atoms with Crippen LogP contribution in [0.25, 0.3) is 5.52 Å². The highest BCUT2D eigenvalue weighted by molar-refractivity contribution is 5.55. The molecule has 2 heterocycles. The van der Waals surface area contributed by atoms with Crippen LogP contribution >= 0.6 is 0 Å². The first kappa shape index (κ1) is 9.93. The van der Waals surface area contributed by atoms with Crippen LogP contribution in [0.1, 0.15) is 25.5 Å². The largest absolute Gasteiger partial charge is 0.321 e. The second-order valence-corrected chi connectivity index (χ2v) is 3.90. The first-order valence-electron chi connectivity index (χ1n) is 5.01. The third-order valence-corrected chi connectivity index (χ3v) is 2.33. The Morgan fingerprint density at radius 1 is 1.47 bits per heavy atom. The predicted octanol–water partition coefficient (Wildman–Crippen LogP) is 2.30. The van der Waals surface area contributed by atoms with E-state index in [1.807, 2.05) is 55.0 Å². The molecule has 15 heavy (non-hydrogen) atoms. The Kier molecular flexibility index (Phi) is 2.56. The van der Waals surface area contributed by atoms with Crippen LogP contribution in [-0.4, -0.2) is 9.61 Å². The number of rotatable bonds is 2. The van der Waals surface area contributed by atoms with Crippen LogP contribution in [-0.2, 0) is 0 Å². The first-order valence-corrected chi connectivity index (χ1v) is 5.01. The zero-order chi connectivity index (χ0) is 10.8. The smallest absolute Gasteiger partial charge is 0.0712 e. The first-order chi connectivity index (χ1) is 7.18. The molecule has 0 bridgehead atoms. The maximum absolute atomic E-state index is 6.08. The summed E-state index contributed by atoms with van der Waals surface area (Å²) >= 11 is 0. The quantitative estimate of drug-likeness (QED) is 0.758. The van der Waals surface area contributed by atoms with Gasteiger partial charge in [0.15, 0.2) is 0 Å². The molecule has 2 rings (SSSR count). The number of nitrogens with zero attached hydrogens (tertiary/aromatic N) is 2. The van der Waals surface area contributed by atoms with Crippen LogP contribution in [0.5, 0.6) is 0 Å². The van der Waals surface area contributed by atoms with Gasteiger partial charge in [0, 0.05) is 11.8 Å². The maximum Gasteiger partial charge on any atom is 0.0712 e. The molecular weight excluding hydrogens is 186 g/mol. The summed E-state index contributed by atoms with van der Waals surface area (Å²) in [6, 6.07) is 5.90. The summed E-state index contributed by atoms with van der Waals surface area (Å²) in [6.07, 6.45) is 5.80. The van der Waals surface area contributed by atoms with E-state index in [-0.39, 0.29) is 6.04 Å². The molecule has 2 aromatic rings. The summed E-state index contributed by atoms with van der Waals surface area (Å²) in [5, 5.41) is 4.25. The number of allylic oxidation sites excluding steroid dienone is 1. The molecular formula is C12H15N3. The molecule has 0 aromatic carbocycles. The highest BCUT2D eigenvalue weighted by atomic mass is 15.2. The molecule has 0 aliphatic carbocycles. The van der Waals surface area contributed by atoms with Crippen molar-refractivity contribution in [2.75, 3.05) is 0 Å². The van der Waals surface area contributed by atoms with Crippen molar-refractivity contribution in [3.63, 3.8) is 0 Å². The van der Waals surface area contributed by atoms with Crippen molar-refractivity contribution >= 4 is 5.52 Å². The monoisotopic (exact) mass is 201 g/mol. The van der Waals surface area contributed by atoms with E-state index in [0.29, 0.717) is 0 Å². The van der Waals surface area contributed by atoms with Crippen molar-refractivity contribution in [1.29, 1.82) is 0 Å². The van der Waals surface area contributed by atoms with Crippen molar-refractivity contribution in [3.8, 4) is 0 Å². The molecule has 0 aliphatic rings. The summed E-state index contributed by atoms with van der Waals surface area (Å²) < 4.78 is 1.84. The molecule has 1 atom stereocenters. The van der Waals surface area contributed by atoms with Crippen molar-refractivity contribution in [2.24, 2.45) is 5.73 Å². The number of nitrogens with two attached hydrogens (primary N) is 1. The van der Waals surface area contributed by atoms with Gasteiger partial charge >= 0.3 is 0 Å². The van der Waals surface area contributed by atoms with E-state index < -0.39 is 0 Å². The van der Waals surface area contributed by atoms with Crippen molar-refractivity contribution < 1.29 is 0 Å². The average molecular weight is 201 g/mol. The van der Waals surface area contributed by atoms with Gasteiger partial charge in [0.2, 0.25) is 0 Å². The lowest BCUT2D eigenvalue weighted by Gasteiger charge is -2.05. The lowest BCUT2D eigenvalue weighted by molar-refractivity contribution is 0.908. The molecule has 3 nitrogen and oxygen atoms in total. The lowest BCUT2D eigenvalue weighted by Crippen LogP contribution is -2.06. The van der Waals surface area contributed by atoms with Gasteiger partial charge in [-0.05, 0) is 26.0 Å². The molecule has 0 fully saturated rings. The van der Waals surface area contributed by atoms with E-state index in [0.717, 1.165) is 11.1 Å². The summed E-state index contributed by atoms with van der Waals surface area (Å²) in [4.78, 5) is 0. The fraction of sp³-hybridized carbons (Fsp3) is 0.250. The minimum absolute atomic E-state index is 0.0742. The Hall–Kier alpha value is -1.61. The SMILES string of the molecule is CC(C)=CC(N)c1cnn2ccccc12. The van der Waals surface area contributed by atoms with Crippen LogP contribution in [0.3, 0.4) is 0 Å². The van der Waals surface area contributed by atoms with Crippen molar-refractivity contribution in [2.45, 2.75) is 19.9 Å².